The number of carbonyl (C=O) groups is 4. The highest BCUT2D eigenvalue weighted by molar-refractivity contribution is 7.46. The highest BCUT2D eigenvalue weighted by Gasteiger charge is 2.55. The Morgan fingerprint density at radius 3 is 0.894 bits per heavy atom. The molecule has 0 spiro atoms. The monoisotopic (exact) mass is 1790 g/mol. The van der Waals surface area contributed by atoms with Crippen molar-refractivity contribution >= 4 is 39.4 Å². The highest BCUT2D eigenvalue weighted by atomic mass is 31.2. The van der Waals surface area contributed by atoms with E-state index in [-0.39, 0.29) is 37.5 Å². The molecule has 0 unspecified atom stereocenters. The second kappa shape index (κ2) is 78.5. The van der Waals surface area contributed by atoms with Crippen LogP contribution >= 0.6 is 15.6 Å². The van der Waals surface area contributed by atoms with Crippen LogP contribution in [0.4, 0.5) is 0 Å². The van der Waals surface area contributed by atoms with Crippen molar-refractivity contribution in [2.45, 2.75) is 577 Å². The lowest BCUT2D eigenvalue weighted by atomic mass is 9.90. The normalized spacial score (nSPS) is 20.1. The third-order valence-corrected chi connectivity index (χ3v) is 26.5. The molecule has 2 aliphatic rings. The SMILES string of the molecule is CCCCCCCCCCCCCC(CCCCCCCCCCCCC)CC(=O)N[C@H]1[C@H](OC[C@H]2O[C@H](OP(=O)(O)O)[C@H](NC(=O)C[C@H](O)CCCCCCCCCCC)[C@@H](OC(=O)C[C@H](O)CCCCCCCCCCC)[C@@H]2OP(=O)(O)O)O[C@H](CO)[C@@H](O)[C@@H]1OC(=O)CC(CCCCCCCCCCCCC)CCCCCCCCCCCCC. The molecule has 2 aliphatic heterocycles. The van der Waals surface area contributed by atoms with Gasteiger partial charge in [0.05, 0.1) is 38.3 Å². The number of phosphoric acid groups is 2. The van der Waals surface area contributed by atoms with Gasteiger partial charge in [-0.15, -0.1) is 0 Å². The summed E-state index contributed by atoms with van der Waals surface area (Å²) in [7, 11) is -11.5. The lowest BCUT2D eigenvalue weighted by Gasteiger charge is -2.47. The van der Waals surface area contributed by atoms with Crippen LogP contribution in [0.2, 0.25) is 0 Å². The van der Waals surface area contributed by atoms with Crippen molar-refractivity contribution < 1.29 is 101 Å². The molecule has 123 heavy (non-hydrogen) atoms. The predicted octanol–water partition coefficient (Wildman–Crippen LogP) is 24.3. The molecule has 728 valence electrons. The minimum Gasteiger partial charge on any atom is -0.457 e. The average molecular weight is 1790 g/mol. The number of carbonyl (C=O) groups excluding carboxylic acids is 4. The van der Waals surface area contributed by atoms with Gasteiger partial charge in [0.25, 0.3) is 0 Å². The van der Waals surface area contributed by atoms with Crippen LogP contribution in [-0.2, 0) is 61.0 Å². The fourth-order valence-electron chi connectivity index (χ4n) is 18.0. The maximum absolute atomic E-state index is 15.2. The summed E-state index contributed by atoms with van der Waals surface area (Å²) in [5, 5.41) is 51.7. The molecule has 0 saturated carbocycles. The van der Waals surface area contributed by atoms with Crippen LogP contribution in [0.5, 0.6) is 0 Å². The van der Waals surface area contributed by atoms with Crippen LogP contribution in [0.25, 0.3) is 0 Å². The molecule has 0 radical (unpaired) electrons. The van der Waals surface area contributed by atoms with E-state index in [1.165, 1.54) is 205 Å². The molecular formula is C98H190N2O21P2. The maximum Gasteiger partial charge on any atom is 0.472 e. The van der Waals surface area contributed by atoms with Crippen LogP contribution in [0.15, 0.2) is 0 Å². The molecule has 0 bridgehead atoms. The van der Waals surface area contributed by atoms with Crippen LogP contribution in [0, 0.1) is 11.8 Å². The lowest BCUT2D eigenvalue weighted by Crippen LogP contribution is -2.68. The summed E-state index contributed by atoms with van der Waals surface area (Å²) in [6.45, 7) is 11.4. The van der Waals surface area contributed by atoms with Crippen molar-refractivity contribution in [1.29, 1.82) is 0 Å². The van der Waals surface area contributed by atoms with Gasteiger partial charge in [-0.05, 0) is 50.4 Å². The predicted molar refractivity (Wildman–Crippen MR) is 495 cm³/mol. The smallest absolute Gasteiger partial charge is 0.457 e. The van der Waals surface area contributed by atoms with Gasteiger partial charge in [-0.3, -0.25) is 28.2 Å². The van der Waals surface area contributed by atoms with E-state index in [2.05, 4.69) is 52.2 Å². The molecule has 0 aromatic rings. The van der Waals surface area contributed by atoms with E-state index in [1.807, 2.05) is 0 Å². The number of ether oxygens (including phenoxy) is 5. The average Bonchev–Trinajstić information content (AvgIpc) is 0.772. The number of hydrogen-bond acceptors (Lipinski definition) is 17. The summed E-state index contributed by atoms with van der Waals surface area (Å²) in [6.07, 6.45) is 53.9. The number of phosphoric ester groups is 2. The molecule has 0 aromatic heterocycles. The van der Waals surface area contributed by atoms with Crippen LogP contribution < -0.4 is 10.6 Å². The Hall–Kier alpha value is -2.18. The number of hydrogen-bond donors (Lipinski definition) is 10. The molecule has 12 atom stereocenters. The summed E-state index contributed by atoms with van der Waals surface area (Å²) >= 11 is 0. The largest absolute Gasteiger partial charge is 0.472 e. The first-order chi connectivity index (χ1) is 59.5. The number of rotatable bonds is 88. The molecule has 2 fully saturated rings. The third-order valence-electron chi connectivity index (χ3n) is 25.5. The second-order valence-corrected chi connectivity index (χ2v) is 39.6. The van der Waals surface area contributed by atoms with Crippen molar-refractivity contribution in [3.8, 4) is 0 Å². The molecule has 0 aromatic carbocycles. The fraction of sp³-hybridized carbons (Fsp3) is 0.959. The van der Waals surface area contributed by atoms with Gasteiger partial charge < -0.3 is 74.3 Å². The zero-order valence-electron chi connectivity index (χ0n) is 79.2. The third kappa shape index (κ3) is 64.3. The van der Waals surface area contributed by atoms with E-state index < -0.39 is 139 Å². The Labute approximate surface area is 749 Å². The van der Waals surface area contributed by atoms with E-state index in [9.17, 15) is 63.5 Å². The van der Waals surface area contributed by atoms with E-state index in [0.29, 0.717) is 12.8 Å². The zero-order valence-corrected chi connectivity index (χ0v) is 81.0. The summed E-state index contributed by atoms with van der Waals surface area (Å²) < 4.78 is 69.1. The van der Waals surface area contributed by atoms with E-state index >= 15 is 4.79 Å². The van der Waals surface area contributed by atoms with Gasteiger partial charge in [-0.1, -0.05) is 440 Å². The van der Waals surface area contributed by atoms with Gasteiger partial charge in [0, 0.05) is 12.8 Å². The van der Waals surface area contributed by atoms with Crippen molar-refractivity contribution in [2.24, 2.45) is 11.8 Å². The Kier molecular flexibility index (Phi) is 74.6. The molecule has 10 N–H and O–H groups in total. The van der Waals surface area contributed by atoms with Crippen molar-refractivity contribution in [2.75, 3.05) is 13.2 Å². The number of unbranched alkanes of at least 4 members (excludes halogenated alkanes) is 56. The molecule has 0 aliphatic carbocycles. The Balaban J connectivity index is 2.80. The first-order valence-electron chi connectivity index (χ1n) is 51.6. The van der Waals surface area contributed by atoms with Gasteiger partial charge in [-0.2, -0.15) is 0 Å². The second-order valence-electron chi connectivity index (χ2n) is 37.2. The zero-order chi connectivity index (χ0) is 90.1. The Morgan fingerprint density at radius 1 is 0.317 bits per heavy atom. The number of aliphatic hydroxyl groups is 4. The quantitative estimate of drug-likeness (QED) is 0.0154. The van der Waals surface area contributed by atoms with Crippen LogP contribution in [0.3, 0.4) is 0 Å². The van der Waals surface area contributed by atoms with Gasteiger partial charge in [0.15, 0.2) is 24.8 Å². The summed E-state index contributed by atoms with van der Waals surface area (Å²) in [5.41, 5.74) is 0. The molecule has 2 amide bonds. The first-order valence-corrected chi connectivity index (χ1v) is 54.6. The topological polar surface area (TPSA) is 353 Å². The van der Waals surface area contributed by atoms with Crippen molar-refractivity contribution in [3.63, 3.8) is 0 Å². The minimum absolute atomic E-state index is 0.000202. The number of amides is 2. The first kappa shape index (κ1) is 117. The Morgan fingerprint density at radius 2 is 0.577 bits per heavy atom. The number of nitrogens with one attached hydrogen (secondary N) is 2. The Bertz CT molecular complexity index is 2520. The van der Waals surface area contributed by atoms with Crippen molar-refractivity contribution in [3.05, 3.63) is 0 Å². The van der Waals surface area contributed by atoms with Crippen molar-refractivity contribution in [1.82, 2.24) is 10.6 Å². The van der Waals surface area contributed by atoms with E-state index in [4.69, 9.17) is 32.7 Å². The summed E-state index contributed by atoms with van der Waals surface area (Å²) in [4.78, 5) is 102. The molecule has 2 heterocycles. The van der Waals surface area contributed by atoms with Crippen LogP contribution in [0.1, 0.15) is 504 Å². The lowest BCUT2D eigenvalue weighted by molar-refractivity contribution is -0.297. The summed E-state index contributed by atoms with van der Waals surface area (Å²) in [5.74, 6) is -3.35. The standard InChI is InChI=1S/C98H190N2O21P2/c1-7-13-19-25-31-37-41-47-51-57-63-69-81(70-64-58-52-48-42-38-32-26-20-14-8-2)75-87(104)99-91-95(118-89(106)76-82(71-65-59-53-49-43-39-33-27-21-15-9-3)72-66-60-54-50-44-40-34-28-22-16-10-4)93(108)85(79-101)116-97(91)115-80-86-94(120-122(109,110)111)96(119-90(107)78-84(103)74-68-62-56-46-36-30-24-18-12-6)92(98(117-86)121-123(112,113)114)100-88(105)77-83(102)73-67-61-55-45-35-29-23-17-11-5/h81-86,91-98,101-103,108H,7-80H2,1-6H3,(H,99,104)(H,100,105)(H2,109,110,111)(H2,112,113,114)/t83-,84-,85-,86-,91-,92-,93-,94-,95-,96-,97-,98-/m1/s1. The summed E-state index contributed by atoms with van der Waals surface area (Å²) in [6, 6.07) is -3.59. The van der Waals surface area contributed by atoms with E-state index in [1.54, 1.807) is 0 Å². The maximum atomic E-state index is 15.2. The minimum atomic E-state index is -5.77. The molecule has 2 rings (SSSR count). The molecule has 23 nitrogen and oxygen atoms in total. The van der Waals surface area contributed by atoms with Gasteiger partial charge in [0.1, 0.15) is 36.5 Å². The highest BCUT2D eigenvalue weighted by Crippen LogP contribution is 2.46. The fourth-order valence-corrected chi connectivity index (χ4v) is 19.0. The number of esters is 2. The van der Waals surface area contributed by atoms with Gasteiger partial charge in [-0.25, -0.2) is 9.13 Å². The van der Waals surface area contributed by atoms with Gasteiger partial charge >= 0.3 is 27.6 Å². The van der Waals surface area contributed by atoms with Crippen LogP contribution in [-0.4, -0.2) is 150 Å². The molecule has 2 saturated heterocycles. The van der Waals surface area contributed by atoms with E-state index in [0.717, 1.165) is 205 Å². The van der Waals surface area contributed by atoms with Gasteiger partial charge in [0.2, 0.25) is 11.8 Å². The molecular weight excluding hydrogens is 1600 g/mol. The number of aliphatic hydroxyl groups excluding tert-OH is 4. The molecule has 25 heteroatoms.